The van der Waals surface area contributed by atoms with Crippen molar-refractivity contribution in [3.05, 3.63) is 70.0 Å². The molecule has 1 aromatic heterocycles. The minimum Gasteiger partial charge on any atom is -0.383 e. The van der Waals surface area contributed by atoms with E-state index in [9.17, 15) is 9.59 Å². The fraction of sp³-hybridized carbons (Fsp3) is 0.348. The molecule has 2 aromatic carbocycles. The van der Waals surface area contributed by atoms with E-state index in [1.165, 1.54) is 17.3 Å². The number of ether oxygens (including phenoxy) is 1. The molecule has 3 aromatic rings. The van der Waals surface area contributed by atoms with Crippen molar-refractivity contribution in [2.75, 3.05) is 13.7 Å². The van der Waals surface area contributed by atoms with Crippen LogP contribution in [-0.2, 0) is 11.2 Å². The third-order valence-corrected chi connectivity index (χ3v) is 5.99. The molecule has 0 aliphatic heterocycles. The van der Waals surface area contributed by atoms with Gasteiger partial charge >= 0.3 is 0 Å². The van der Waals surface area contributed by atoms with Gasteiger partial charge in [-0.1, -0.05) is 55.1 Å². The monoisotopic (exact) mass is 410 g/mol. The van der Waals surface area contributed by atoms with Gasteiger partial charge in [-0.15, -0.1) is 0 Å². The van der Waals surface area contributed by atoms with Gasteiger partial charge in [-0.3, -0.25) is 14.2 Å². The molecule has 5 nitrogen and oxygen atoms in total. The van der Waals surface area contributed by atoms with Crippen molar-refractivity contribution in [1.82, 2.24) is 9.55 Å². The van der Waals surface area contributed by atoms with Gasteiger partial charge < -0.3 is 4.74 Å². The average Bonchev–Trinajstić information content (AvgIpc) is 2.73. The number of hydrogen-bond acceptors (Lipinski definition) is 5. The number of nitrogens with zero attached hydrogens (tertiary/aromatic N) is 2. The van der Waals surface area contributed by atoms with Gasteiger partial charge in [-0.2, -0.15) is 0 Å². The minimum absolute atomic E-state index is 0.0194. The van der Waals surface area contributed by atoms with E-state index in [2.05, 4.69) is 6.92 Å². The standard InChI is InChI=1S/C23H26N2O3S/c1-5-17-10-12-18(13-11-17)21(26)16(3)29-23-24-20-9-7-6-8-19(20)22(27)25(23)15(2)14-28-4/h6-13,15-16H,5,14H2,1-4H3/t15-,16+/m0/s1. The SMILES string of the molecule is CCc1ccc(C(=O)[C@@H](C)Sc2nc3ccccc3c(=O)n2[C@@H](C)COC)cc1. The zero-order valence-electron chi connectivity index (χ0n) is 17.2. The van der Waals surface area contributed by atoms with E-state index in [-0.39, 0.29) is 22.6 Å². The van der Waals surface area contributed by atoms with E-state index >= 15 is 0 Å². The number of fused-ring (bicyclic) bond motifs is 1. The Bertz CT molecular complexity index is 1060. The number of aromatic nitrogens is 2. The van der Waals surface area contributed by atoms with Gasteiger partial charge in [0, 0.05) is 12.7 Å². The first-order chi connectivity index (χ1) is 14.0. The quantitative estimate of drug-likeness (QED) is 0.310. The molecule has 0 N–H and O–H groups in total. The molecule has 6 heteroatoms. The summed E-state index contributed by atoms with van der Waals surface area (Å²) < 4.78 is 6.90. The number of thioether (sulfide) groups is 1. The second-order valence-corrected chi connectivity index (χ2v) is 8.37. The maximum atomic E-state index is 13.1. The van der Waals surface area contributed by atoms with Gasteiger partial charge in [0.1, 0.15) is 0 Å². The maximum absolute atomic E-state index is 13.1. The van der Waals surface area contributed by atoms with Crippen LogP contribution in [0.5, 0.6) is 0 Å². The normalized spacial score (nSPS) is 13.4. The van der Waals surface area contributed by atoms with Gasteiger partial charge in [-0.05, 0) is 38.0 Å². The third kappa shape index (κ3) is 4.60. The number of aryl methyl sites for hydroxylation is 1. The van der Waals surface area contributed by atoms with Crippen molar-refractivity contribution < 1.29 is 9.53 Å². The Labute approximate surface area is 175 Å². The Morgan fingerprint density at radius 2 is 1.83 bits per heavy atom. The highest BCUT2D eigenvalue weighted by atomic mass is 32.2. The van der Waals surface area contributed by atoms with Crippen LogP contribution in [0.2, 0.25) is 0 Å². The molecule has 0 spiro atoms. The van der Waals surface area contributed by atoms with Crippen molar-refractivity contribution in [1.29, 1.82) is 0 Å². The molecule has 2 atom stereocenters. The Morgan fingerprint density at radius 1 is 1.14 bits per heavy atom. The first-order valence-corrected chi connectivity index (χ1v) is 10.6. The molecule has 152 valence electrons. The summed E-state index contributed by atoms with van der Waals surface area (Å²) in [5.74, 6) is 0.0194. The number of rotatable bonds is 8. The zero-order chi connectivity index (χ0) is 21.0. The van der Waals surface area contributed by atoms with Crippen LogP contribution in [0, 0.1) is 0 Å². The van der Waals surface area contributed by atoms with Crippen LogP contribution >= 0.6 is 11.8 Å². The number of carbonyl (C=O) groups is 1. The summed E-state index contributed by atoms with van der Waals surface area (Å²) in [4.78, 5) is 30.8. The lowest BCUT2D eigenvalue weighted by Crippen LogP contribution is -2.29. The molecule has 0 amide bonds. The van der Waals surface area contributed by atoms with Crippen molar-refractivity contribution >= 4 is 28.4 Å². The highest BCUT2D eigenvalue weighted by Gasteiger charge is 2.22. The highest BCUT2D eigenvalue weighted by Crippen LogP contribution is 2.27. The first-order valence-electron chi connectivity index (χ1n) is 9.76. The number of hydrogen-bond donors (Lipinski definition) is 0. The molecule has 0 radical (unpaired) electrons. The molecule has 0 unspecified atom stereocenters. The highest BCUT2D eigenvalue weighted by molar-refractivity contribution is 8.00. The van der Waals surface area contributed by atoms with E-state index in [0.717, 1.165) is 6.42 Å². The summed E-state index contributed by atoms with van der Waals surface area (Å²) in [5.41, 5.74) is 2.38. The van der Waals surface area contributed by atoms with Crippen molar-refractivity contribution in [2.45, 2.75) is 43.6 Å². The summed E-state index contributed by atoms with van der Waals surface area (Å²) in [7, 11) is 1.61. The van der Waals surface area contributed by atoms with E-state index in [4.69, 9.17) is 9.72 Å². The first kappa shape index (κ1) is 21.3. The third-order valence-electron chi connectivity index (χ3n) is 4.92. The molecular weight excluding hydrogens is 384 g/mol. The Hall–Kier alpha value is -2.44. The van der Waals surface area contributed by atoms with Crippen molar-refractivity contribution in [3.63, 3.8) is 0 Å². The molecule has 0 saturated carbocycles. The van der Waals surface area contributed by atoms with Gasteiger partial charge in [0.05, 0.1) is 28.8 Å². The summed E-state index contributed by atoms with van der Waals surface area (Å²) in [6.45, 7) is 6.24. The fourth-order valence-corrected chi connectivity index (χ4v) is 4.35. The topological polar surface area (TPSA) is 61.2 Å². The van der Waals surface area contributed by atoms with Crippen LogP contribution in [0.25, 0.3) is 10.9 Å². The molecule has 0 saturated heterocycles. The summed E-state index contributed by atoms with van der Waals surface area (Å²) >= 11 is 1.31. The predicted octanol–water partition coefficient (Wildman–Crippen LogP) is 4.53. The lowest BCUT2D eigenvalue weighted by molar-refractivity contribution is 0.0993. The van der Waals surface area contributed by atoms with Gasteiger partial charge in [0.25, 0.3) is 5.56 Å². The number of Topliss-reactive ketones (excluding diaryl/α,β-unsaturated/α-hetero) is 1. The van der Waals surface area contributed by atoms with Crippen molar-refractivity contribution in [2.24, 2.45) is 0 Å². The van der Waals surface area contributed by atoms with Crippen LogP contribution in [0.4, 0.5) is 0 Å². The van der Waals surface area contributed by atoms with Gasteiger partial charge in [0.15, 0.2) is 10.9 Å². The minimum atomic E-state index is -0.378. The number of methoxy groups -OCH3 is 1. The van der Waals surface area contributed by atoms with Crippen LogP contribution in [-0.4, -0.2) is 34.3 Å². The zero-order valence-corrected chi connectivity index (χ0v) is 18.0. The summed E-state index contributed by atoms with van der Waals surface area (Å²) in [5, 5.41) is 0.717. The second kappa shape index (κ2) is 9.37. The summed E-state index contributed by atoms with van der Waals surface area (Å²) in [6.07, 6.45) is 0.934. The molecule has 0 aliphatic rings. The van der Waals surface area contributed by atoms with E-state index in [1.807, 2.05) is 56.3 Å². The Morgan fingerprint density at radius 3 is 2.48 bits per heavy atom. The lowest BCUT2D eigenvalue weighted by Gasteiger charge is -2.20. The maximum Gasteiger partial charge on any atom is 0.262 e. The number of carbonyl (C=O) groups excluding carboxylic acids is 1. The van der Waals surface area contributed by atoms with Gasteiger partial charge in [0.2, 0.25) is 0 Å². The smallest absolute Gasteiger partial charge is 0.262 e. The average molecular weight is 411 g/mol. The number of ketones is 1. The summed E-state index contributed by atoms with van der Waals surface area (Å²) in [6, 6.07) is 14.8. The largest absolute Gasteiger partial charge is 0.383 e. The molecular formula is C23H26N2O3S. The van der Waals surface area contributed by atoms with Crippen LogP contribution in [0.15, 0.2) is 58.5 Å². The number of benzene rings is 2. The molecule has 29 heavy (non-hydrogen) atoms. The van der Waals surface area contributed by atoms with Crippen LogP contribution < -0.4 is 5.56 Å². The molecule has 0 fully saturated rings. The van der Waals surface area contributed by atoms with Gasteiger partial charge in [-0.25, -0.2) is 4.98 Å². The van der Waals surface area contributed by atoms with E-state index in [1.54, 1.807) is 17.7 Å². The molecule has 3 rings (SSSR count). The Kier molecular flexibility index (Phi) is 6.87. The van der Waals surface area contributed by atoms with E-state index < -0.39 is 0 Å². The fourth-order valence-electron chi connectivity index (χ4n) is 3.26. The molecule has 0 aliphatic carbocycles. The lowest BCUT2D eigenvalue weighted by atomic mass is 10.1. The molecule has 0 bridgehead atoms. The van der Waals surface area contributed by atoms with Crippen LogP contribution in [0.1, 0.15) is 42.7 Å². The number of para-hydroxylation sites is 1. The van der Waals surface area contributed by atoms with Crippen molar-refractivity contribution in [3.8, 4) is 0 Å². The predicted molar refractivity (Wildman–Crippen MR) is 118 cm³/mol. The molecule has 1 heterocycles. The van der Waals surface area contributed by atoms with Crippen LogP contribution in [0.3, 0.4) is 0 Å². The van der Waals surface area contributed by atoms with E-state index in [0.29, 0.717) is 28.2 Å². The Balaban J connectivity index is 1.97. The second-order valence-electron chi connectivity index (χ2n) is 7.07.